The second kappa shape index (κ2) is 9.33. The predicted molar refractivity (Wildman–Crippen MR) is 90.4 cm³/mol. The van der Waals surface area contributed by atoms with Gasteiger partial charge in [-0.1, -0.05) is 0 Å². The van der Waals surface area contributed by atoms with Crippen LogP contribution in [0.3, 0.4) is 0 Å². The molecule has 1 aromatic rings. The Bertz CT molecular complexity index is 686. The summed E-state index contributed by atoms with van der Waals surface area (Å²) >= 11 is 0. The first-order chi connectivity index (χ1) is 12.1. The summed E-state index contributed by atoms with van der Waals surface area (Å²) in [5, 5.41) is 0. The molecule has 0 fully saturated rings. The van der Waals surface area contributed by atoms with Crippen LogP contribution < -0.4 is 0 Å². The lowest BCUT2D eigenvalue weighted by molar-refractivity contribution is -0.136. The van der Waals surface area contributed by atoms with Gasteiger partial charge in [0.05, 0.1) is 11.5 Å². The van der Waals surface area contributed by atoms with Crippen LogP contribution in [0, 0.1) is 0 Å². The van der Waals surface area contributed by atoms with Crippen molar-refractivity contribution in [3.05, 3.63) is 29.8 Å². The first kappa shape index (κ1) is 22.4. The lowest BCUT2D eigenvalue weighted by atomic mass is 10.2. The number of hydrogen-bond donors (Lipinski definition) is 0. The molecular formula is C16H23F3N2O4S. The molecule has 0 aromatic heterocycles. The second-order valence-electron chi connectivity index (χ2n) is 5.45. The molecule has 0 aliphatic carbocycles. The van der Waals surface area contributed by atoms with Crippen LogP contribution in [0.25, 0.3) is 0 Å². The molecule has 1 amide bonds. The molecule has 0 atom stereocenters. The minimum absolute atomic E-state index is 0.173. The van der Waals surface area contributed by atoms with Crippen molar-refractivity contribution < 1.29 is 31.1 Å². The second-order valence-corrected chi connectivity index (χ2v) is 7.39. The Labute approximate surface area is 151 Å². The molecule has 1 rings (SSSR count). The Morgan fingerprint density at radius 2 is 1.65 bits per heavy atom. The van der Waals surface area contributed by atoms with Crippen LogP contribution >= 0.6 is 0 Å². The zero-order valence-corrected chi connectivity index (χ0v) is 15.7. The van der Waals surface area contributed by atoms with Crippen molar-refractivity contribution in [2.45, 2.75) is 24.9 Å². The zero-order valence-electron chi connectivity index (χ0n) is 14.9. The van der Waals surface area contributed by atoms with E-state index in [4.69, 9.17) is 4.74 Å². The Morgan fingerprint density at radius 1 is 1.12 bits per heavy atom. The van der Waals surface area contributed by atoms with Crippen LogP contribution in [0.15, 0.2) is 29.2 Å². The minimum Gasteiger partial charge on any atom is -0.383 e. The van der Waals surface area contributed by atoms with Crippen LogP contribution in [-0.4, -0.2) is 69.6 Å². The van der Waals surface area contributed by atoms with E-state index >= 15 is 0 Å². The number of methoxy groups -OCH3 is 1. The average molecular weight is 396 g/mol. The van der Waals surface area contributed by atoms with E-state index in [1.54, 1.807) is 4.90 Å². The third-order valence-corrected chi connectivity index (χ3v) is 5.55. The van der Waals surface area contributed by atoms with Gasteiger partial charge in [0.1, 0.15) is 6.54 Å². The summed E-state index contributed by atoms with van der Waals surface area (Å²) in [6.07, 6.45) is -4.68. The standard InChI is InChI=1S/C16H23F3N2O4S/c1-4-20(5-2)15(22)13-6-8-14(9-7-13)26(23,24)21(10-11-25-3)12-16(17,18)19/h6-9H,4-5,10-12H2,1-3H3. The van der Waals surface area contributed by atoms with Crippen LogP contribution in [0.2, 0.25) is 0 Å². The molecule has 0 unspecified atom stereocenters. The van der Waals surface area contributed by atoms with Gasteiger partial charge in [0, 0.05) is 32.3 Å². The van der Waals surface area contributed by atoms with Gasteiger partial charge in [-0.15, -0.1) is 0 Å². The molecular weight excluding hydrogens is 373 g/mol. The lowest BCUT2D eigenvalue weighted by Gasteiger charge is -2.23. The number of benzene rings is 1. The van der Waals surface area contributed by atoms with E-state index in [-0.39, 0.29) is 23.0 Å². The molecule has 0 radical (unpaired) electrons. The molecule has 1 aromatic carbocycles. The number of ether oxygens (including phenoxy) is 1. The highest BCUT2D eigenvalue weighted by atomic mass is 32.2. The van der Waals surface area contributed by atoms with Gasteiger partial charge in [-0.05, 0) is 38.1 Å². The van der Waals surface area contributed by atoms with Gasteiger partial charge in [0.15, 0.2) is 0 Å². The first-order valence-electron chi connectivity index (χ1n) is 8.02. The van der Waals surface area contributed by atoms with Crippen molar-refractivity contribution >= 4 is 15.9 Å². The van der Waals surface area contributed by atoms with Crippen LogP contribution in [0.4, 0.5) is 13.2 Å². The summed E-state index contributed by atoms with van der Waals surface area (Å²) < 4.78 is 68.2. The molecule has 6 nitrogen and oxygen atoms in total. The fourth-order valence-electron chi connectivity index (χ4n) is 2.29. The smallest absolute Gasteiger partial charge is 0.383 e. The SMILES string of the molecule is CCN(CC)C(=O)c1ccc(S(=O)(=O)N(CCOC)CC(F)(F)F)cc1. The first-order valence-corrected chi connectivity index (χ1v) is 9.46. The van der Waals surface area contributed by atoms with Gasteiger partial charge in [0.25, 0.3) is 5.91 Å². The normalized spacial score (nSPS) is 12.4. The molecule has 0 saturated heterocycles. The topological polar surface area (TPSA) is 66.9 Å². The largest absolute Gasteiger partial charge is 0.402 e. The van der Waals surface area contributed by atoms with Crippen LogP contribution in [0.1, 0.15) is 24.2 Å². The van der Waals surface area contributed by atoms with Crippen molar-refractivity contribution in [3.8, 4) is 0 Å². The van der Waals surface area contributed by atoms with E-state index < -0.39 is 29.3 Å². The van der Waals surface area contributed by atoms with Gasteiger partial charge in [-0.2, -0.15) is 17.5 Å². The summed E-state index contributed by atoms with van der Waals surface area (Å²) in [5.41, 5.74) is 0.270. The maximum absolute atomic E-state index is 12.7. The molecule has 148 valence electrons. The highest BCUT2D eigenvalue weighted by Gasteiger charge is 2.36. The number of hydrogen-bond acceptors (Lipinski definition) is 4. The Hall–Kier alpha value is -1.65. The number of carbonyl (C=O) groups excluding carboxylic acids is 1. The minimum atomic E-state index is -4.68. The van der Waals surface area contributed by atoms with Gasteiger partial charge in [-0.25, -0.2) is 8.42 Å². The van der Waals surface area contributed by atoms with Crippen molar-refractivity contribution in [2.24, 2.45) is 0 Å². The maximum atomic E-state index is 12.7. The Morgan fingerprint density at radius 3 is 2.08 bits per heavy atom. The van der Waals surface area contributed by atoms with Crippen molar-refractivity contribution in [2.75, 3.05) is 39.9 Å². The third-order valence-electron chi connectivity index (χ3n) is 3.69. The van der Waals surface area contributed by atoms with E-state index in [1.165, 1.54) is 19.2 Å². The van der Waals surface area contributed by atoms with Gasteiger partial charge < -0.3 is 9.64 Å². The van der Waals surface area contributed by atoms with Gasteiger partial charge >= 0.3 is 6.18 Å². The van der Waals surface area contributed by atoms with Crippen molar-refractivity contribution in [1.82, 2.24) is 9.21 Å². The summed E-state index contributed by atoms with van der Waals surface area (Å²) in [5.74, 6) is -0.273. The molecule has 26 heavy (non-hydrogen) atoms. The Balaban J connectivity index is 3.11. The fraction of sp³-hybridized carbons (Fsp3) is 0.562. The number of nitrogens with zero attached hydrogens (tertiary/aromatic N) is 2. The number of halogens is 3. The molecule has 0 saturated carbocycles. The summed E-state index contributed by atoms with van der Waals surface area (Å²) in [6, 6.07) is 4.88. The van der Waals surface area contributed by atoms with Gasteiger partial charge in [0.2, 0.25) is 10.0 Å². The molecule has 0 aliphatic heterocycles. The van der Waals surface area contributed by atoms with E-state index in [0.29, 0.717) is 17.4 Å². The monoisotopic (exact) mass is 396 g/mol. The zero-order chi connectivity index (χ0) is 20.0. The third kappa shape index (κ3) is 5.96. The highest BCUT2D eigenvalue weighted by molar-refractivity contribution is 7.89. The number of amides is 1. The quantitative estimate of drug-likeness (QED) is 0.643. The van der Waals surface area contributed by atoms with Gasteiger partial charge in [-0.3, -0.25) is 4.79 Å². The van der Waals surface area contributed by atoms with Crippen LogP contribution in [-0.2, 0) is 14.8 Å². The lowest BCUT2D eigenvalue weighted by Crippen LogP contribution is -2.40. The molecule has 0 spiro atoms. The molecule has 0 bridgehead atoms. The molecule has 0 heterocycles. The Kier molecular flexibility index (Phi) is 8.04. The number of carbonyl (C=O) groups is 1. The summed E-state index contributed by atoms with van der Waals surface area (Å²) in [7, 11) is -3.10. The van der Waals surface area contributed by atoms with E-state index in [2.05, 4.69) is 0 Å². The van der Waals surface area contributed by atoms with Crippen molar-refractivity contribution in [3.63, 3.8) is 0 Å². The number of alkyl halides is 3. The predicted octanol–water partition coefficient (Wildman–Crippen LogP) is 2.37. The fourth-order valence-corrected chi connectivity index (χ4v) is 3.70. The van der Waals surface area contributed by atoms with E-state index in [0.717, 1.165) is 12.1 Å². The summed E-state index contributed by atoms with van der Waals surface area (Å²) in [4.78, 5) is 13.5. The summed E-state index contributed by atoms with van der Waals surface area (Å²) in [6.45, 7) is 2.39. The highest BCUT2D eigenvalue weighted by Crippen LogP contribution is 2.23. The van der Waals surface area contributed by atoms with E-state index in [1.807, 2.05) is 13.8 Å². The maximum Gasteiger partial charge on any atom is 0.402 e. The molecule has 10 heteroatoms. The number of rotatable bonds is 9. The molecule has 0 aliphatic rings. The van der Waals surface area contributed by atoms with Crippen molar-refractivity contribution in [1.29, 1.82) is 0 Å². The van der Waals surface area contributed by atoms with Crippen LogP contribution in [0.5, 0.6) is 0 Å². The van der Waals surface area contributed by atoms with E-state index in [9.17, 15) is 26.4 Å². The molecule has 0 N–H and O–H groups in total. The average Bonchev–Trinajstić information content (AvgIpc) is 2.58. The number of sulfonamides is 1.